The summed E-state index contributed by atoms with van der Waals surface area (Å²) in [5, 5.41) is 8.77. The molecule has 0 saturated carbocycles. The highest BCUT2D eigenvalue weighted by Crippen LogP contribution is 2.08. The highest BCUT2D eigenvalue weighted by atomic mass is 31.1. The second-order valence-corrected chi connectivity index (χ2v) is 2.88. The van der Waals surface area contributed by atoms with E-state index in [4.69, 9.17) is 9.84 Å². The molecule has 1 unspecified atom stereocenters. The number of aliphatic hydroxyl groups is 1. The number of benzene rings is 1. The quantitative estimate of drug-likeness (QED) is 0.573. The van der Waals surface area contributed by atoms with E-state index in [0.717, 1.165) is 5.56 Å². The summed E-state index contributed by atoms with van der Waals surface area (Å²) < 4.78 is 14.9. The van der Waals surface area contributed by atoms with Gasteiger partial charge in [0.1, 0.15) is 0 Å². The van der Waals surface area contributed by atoms with Gasteiger partial charge in [0, 0.05) is 0 Å². The molecule has 0 amide bonds. The van der Waals surface area contributed by atoms with E-state index in [0.29, 0.717) is 0 Å². The first-order valence-corrected chi connectivity index (χ1v) is 4.37. The normalized spacial score (nSPS) is 13.1. The predicted molar refractivity (Wildman–Crippen MR) is 44.8 cm³/mol. The minimum Gasteiger partial charge on any atom is -0.359 e. The van der Waals surface area contributed by atoms with Crippen molar-refractivity contribution >= 4 is 8.46 Å². The Hall–Kier alpha value is -0.760. The average Bonchev–Trinajstić information content (AvgIpc) is 2.16. The predicted octanol–water partition coefficient (Wildman–Crippen LogP) is 1.77. The van der Waals surface area contributed by atoms with Gasteiger partial charge in [0.05, 0.1) is 6.61 Å². The first-order chi connectivity index (χ1) is 5.83. The van der Waals surface area contributed by atoms with Crippen LogP contribution in [0.1, 0.15) is 5.56 Å². The molecule has 64 valence electrons. The van der Waals surface area contributed by atoms with Crippen molar-refractivity contribution in [1.29, 1.82) is 0 Å². The lowest BCUT2D eigenvalue weighted by atomic mass is 10.2. The molecule has 0 saturated heterocycles. The zero-order valence-electron chi connectivity index (χ0n) is 6.38. The zero-order chi connectivity index (χ0) is 8.81. The molecule has 3 nitrogen and oxygen atoms in total. The van der Waals surface area contributed by atoms with Gasteiger partial charge < -0.3 is 9.84 Å². The van der Waals surface area contributed by atoms with Crippen LogP contribution in [0.25, 0.3) is 0 Å². The number of hydrogen-bond acceptors (Lipinski definition) is 3. The number of hydrogen-bond donors (Lipinski definition) is 1. The maximum atomic E-state index is 10.0. The van der Waals surface area contributed by atoms with Crippen LogP contribution in [0.3, 0.4) is 0 Å². The van der Waals surface area contributed by atoms with Gasteiger partial charge in [-0.1, -0.05) is 30.3 Å². The molecule has 12 heavy (non-hydrogen) atoms. The Kier molecular flexibility index (Phi) is 3.88. The van der Waals surface area contributed by atoms with Crippen molar-refractivity contribution in [3.8, 4) is 0 Å². The molecule has 1 rings (SSSR count). The number of aliphatic hydroxyl groups excluding tert-OH is 1. The topological polar surface area (TPSA) is 46.5 Å². The Morgan fingerprint density at radius 3 is 2.67 bits per heavy atom. The van der Waals surface area contributed by atoms with Gasteiger partial charge in [-0.05, 0) is 5.56 Å². The van der Waals surface area contributed by atoms with Crippen LogP contribution < -0.4 is 0 Å². The van der Waals surface area contributed by atoms with E-state index in [-0.39, 0.29) is 6.61 Å². The minimum atomic E-state index is -1.22. The van der Waals surface area contributed by atoms with Gasteiger partial charge in [0.25, 0.3) is 0 Å². The van der Waals surface area contributed by atoms with E-state index in [1.807, 2.05) is 30.3 Å². The summed E-state index contributed by atoms with van der Waals surface area (Å²) in [4.78, 5) is 0. The molecular formula is C8H9O3P. The van der Waals surface area contributed by atoms with Crippen molar-refractivity contribution in [2.75, 3.05) is 0 Å². The van der Waals surface area contributed by atoms with E-state index in [1.165, 1.54) is 0 Å². The van der Waals surface area contributed by atoms with Crippen molar-refractivity contribution in [3.05, 3.63) is 35.9 Å². The Balaban J connectivity index is 2.38. The van der Waals surface area contributed by atoms with Crippen molar-refractivity contribution in [2.45, 2.75) is 12.6 Å². The molecule has 0 aliphatic rings. The summed E-state index contributed by atoms with van der Waals surface area (Å²) in [5.74, 6) is 0. The largest absolute Gasteiger partial charge is 0.359 e. The fourth-order valence-electron chi connectivity index (χ4n) is 0.775. The Morgan fingerprint density at radius 1 is 1.42 bits per heavy atom. The molecule has 1 aromatic rings. The molecule has 1 N–H and O–H groups in total. The van der Waals surface area contributed by atoms with Gasteiger partial charge in [-0.15, -0.1) is 0 Å². The van der Waals surface area contributed by atoms with Crippen LogP contribution in [0, 0.1) is 0 Å². The van der Waals surface area contributed by atoms with Crippen LogP contribution in [0.5, 0.6) is 0 Å². The van der Waals surface area contributed by atoms with Gasteiger partial charge in [-0.25, -0.2) is 0 Å². The second kappa shape index (κ2) is 4.99. The Labute approximate surface area is 72.2 Å². The highest BCUT2D eigenvalue weighted by molar-refractivity contribution is 7.24. The molecule has 0 radical (unpaired) electrons. The number of ether oxygens (including phenoxy) is 1. The van der Waals surface area contributed by atoms with Crippen LogP contribution >= 0.6 is 8.46 Å². The fourth-order valence-corrected chi connectivity index (χ4v) is 0.911. The third-order valence-electron chi connectivity index (χ3n) is 1.33. The Bertz CT molecular complexity index is 237. The van der Waals surface area contributed by atoms with Gasteiger partial charge in [-0.2, -0.15) is 0 Å². The van der Waals surface area contributed by atoms with Gasteiger partial charge >= 0.3 is 0 Å². The van der Waals surface area contributed by atoms with Crippen LogP contribution in [0.2, 0.25) is 0 Å². The molecular weight excluding hydrogens is 175 g/mol. The molecule has 0 aromatic heterocycles. The Morgan fingerprint density at radius 2 is 2.08 bits per heavy atom. The molecule has 1 atom stereocenters. The zero-order valence-corrected chi connectivity index (χ0v) is 7.28. The van der Waals surface area contributed by atoms with Gasteiger partial charge in [0.15, 0.2) is 0 Å². The lowest BCUT2D eigenvalue weighted by Crippen LogP contribution is -2.02. The van der Waals surface area contributed by atoms with Crippen LogP contribution in [0.4, 0.5) is 0 Å². The lowest BCUT2D eigenvalue weighted by molar-refractivity contribution is -0.0459. The minimum absolute atomic E-state index is 0.275. The van der Waals surface area contributed by atoms with Crippen LogP contribution in [0.15, 0.2) is 30.3 Å². The van der Waals surface area contributed by atoms with Crippen molar-refractivity contribution in [1.82, 2.24) is 0 Å². The molecule has 4 heteroatoms. The van der Waals surface area contributed by atoms with Gasteiger partial charge in [0.2, 0.25) is 14.5 Å². The van der Waals surface area contributed by atoms with Crippen molar-refractivity contribution in [3.63, 3.8) is 0 Å². The first-order valence-electron chi connectivity index (χ1n) is 3.49. The third kappa shape index (κ3) is 3.09. The summed E-state index contributed by atoms with van der Waals surface area (Å²) in [6.45, 7) is 0.275. The maximum absolute atomic E-state index is 10.0. The standard InChI is InChI=1S/C8H9O3P/c9-8(12-10)11-6-7-4-2-1-3-5-7/h1-5,8-9H,6H2. The molecule has 0 heterocycles. The lowest BCUT2D eigenvalue weighted by Gasteiger charge is -2.03. The van der Waals surface area contributed by atoms with E-state index >= 15 is 0 Å². The molecule has 0 aliphatic carbocycles. The molecule has 0 fully saturated rings. The van der Waals surface area contributed by atoms with Crippen molar-refractivity contribution in [2.24, 2.45) is 0 Å². The summed E-state index contributed by atoms with van der Waals surface area (Å²) in [7, 11) is -0.403. The average molecular weight is 184 g/mol. The molecule has 0 aliphatic heterocycles. The third-order valence-corrected chi connectivity index (χ3v) is 1.66. The fraction of sp³-hybridized carbons (Fsp3) is 0.250. The van der Waals surface area contributed by atoms with E-state index < -0.39 is 14.5 Å². The highest BCUT2D eigenvalue weighted by Gasteiger charge is 2.01. The molecule has 1 aromatic carbocycles. The summed E-state index contributed by atoms with van der Waals surface area (Å²) >= 11 is 0. The SMILES string of the molecule is O=PC(O)OCc1ccccc1. The van der Waals surface area contributed by atoms with Crippen LogP contribution in [-0.4, -0.2) is 11.1 Å². The molecule has 0 spiro atoms. The summed E-state index contributed by atoms with van der Waals surface area (Å²) in [5.41, 5.74) is 0.945. The van der Waals surface area contributed by atoms with E-state index in [1.54, 1.807) is 0 Å². The summed E-state index contributed by atoms with van der Waals surface area (Å²) in [6.07, 6.45) is 0. The van der Waals surface area contributed by atoms with Crippen molar-refractivity contribution < 1.29 is 14.4 Å². The number of rotatable bonds is 4. The van der Waals surface area contributed by atoms with E-state index in [2.05, 4.69) is 0 Å². The second-order valence-electron chi connectivity index (χ2n) is 2.23. The monoisotopic (exact) mass is 184 g/mol. The molecule has 0 bridgehead atoms. The maximum Gasteiger partial charge on any atom is 0.238 e. The van der Waals surface area contributed by atoms with Gasteiger partial charge in [-0.3, -0.25) is 4.57 Å². The first kappa shape index (κ1) is 9.33. The van der Waals surface area contributed by atoms with E-state index in [9.17, 15) is 4.57 Å². The summed E-state index contributed by atoms with van der Waals surface area (Å²) in [6, 6.07) is 8.17. The smallest absolute Gasteiger partial charge is 0.238 e. The van der Waals surface area contributed by atoms with Crippen LogP contribution in [-0.2, 0) is 15.9 Å².